The molecular weight excluding hydrogens is 340 g/mol. The van der Waals surface area contributed by atoms with Gasteiger partial charge in [0.05, 0.1) is 0 Å². The summed E-state index contributed by atoms with van der Waals surface area (Å²) in [5.41, 5.74) is 10.6. The van der Waals surface area contributed by atoms with Crippen LogP contribution in [-0.2, 0) is 11.8 Å². The summed E-state index contributed by atoms with van der Waals surface area (Å²) in [5.74, 6) is -0.0635. The molecule has 1 fully saturated rings. The third kappa shape index (κ3) is 2.36. The van der Waals surface area contributed by atoms with Gasteiger partial charge in [0.1, 0.15) is 0 Å². The quantitative estimate of drug-likeness (QED) is 0.863. The van der Waals surface area contributed by atoms with Gasteiger partial charge in [-0.25, -0.2) is 0 Å². The Balaban J connectivity index is 0.00000144. The number of fused-ring (bicyclic) bond motifs is 2. The second-order valence-corrected chi connectivity index (χ2v) is 6.16. The summed E-state index contributed by atoms with van der Waals surface area (Å²) in [4.78, 5) is 12.2. The van der Waals surface area contributed by atoms with Crippen LogP contribution in [0.25, 0.3) is 0 Å². The lowest BCUT2D eigenvalue weighted by atomic mass is 9.97. The summed E-state index contributed by atoms with van der Waals surface area (Å²) in [7, 11) is 0. The van der Waals surface area contributed by atoms with Gasteiger partial charge in [0.15, 0.2) is 0 Å². The molecule has 2 unspecified atom stereocenters. The molecule has 4 heteroatoms. The maximum Gasteiger partial charge on any atom is 0.255 e. The fourth-order valence-corrected chi connectivity index (χ4v) is 3.58. The molecule has 0 radical (unpaired) electrons. The first-order valence-electron chi connectivity index (χ1n) is 7.44. The monoisotopic (exact) mass is 358 g/mol. The zero-order valence-corrected chi connectivity index (χ0v) is 13.9. The maximum atomic E-state index is 12.2. The molecule has 1 amide bonds. The standard InChI is InChI=1S/C18H18N2O.BrH/c19-16-11-18(16)9-8-13-10-14(6-7-15(13)18)20-17(21)12-4-2-1-3-5-12;/h1-7,10,16H,8-9,11,19H2,(H,20,21);1H. The van der Waals surface area contributed by atoms with Crippen molar-refractivity contribution in [2.24, 2.45) is 5.73 Å². The Bertz CT molecular complexity index is 716. The second-order valence-electron chi connectivity index (χ2n) is 6.16. The van der Waals surface area contributed by atoms with Crippen molar-refractivity contribution in [2.75, 3.05) is 5.32 Å². The van der Waals surface area contributed by atoms with E-state index in [-0.39, 0.29) is 28.3 Å². The van der Waals surface area contributed by atoms with Crippen molar-refractivity contribution in [1.82, 2.24) is 0 Å². The van der Waals surface area contributed by atoms with Crippen LogP contribution in [0.3, 0.4) is 0 Å². The van der Waals surface area contributed by atoms with Crippen LogP contribution in [0.15, 0.2) is 48.5 Å². The highest BCUT2D eigenvalue weighted by Crippen LogP contribution is 2.55. The minimum absolute atomic E-state index is 0. The molecular formula is C18H19BrN2O. The fraction of sp³-hybridized carbons (Fsp3) is 0.278. The van der Waals surface area contributed by atoms with Gasteiger partial charge in [-0.2, -0.15) is 0 Å². The molecule has 0 heterocycles. The maximum absolute atomic E-state index is 12.2. The molecule has 1 saturated carbocycles. The highest BCUT2D eigenvalue weighted by atomic mass is 79.9. The molecule has 4 rings (SSSR count). The SMILES string of the molecule is Br.NC1CC12CCc1cc(NC(=O)c3ccccc3)ccc12. The number of benzene rings is 2. The number of hydrogen-bond donors (Lipinski definition) is 2. The Hall–Kier alpha value is -1.65. The third-order valence-electron chi connectivity index (χ3n) is 4.91. The van der Waals surface area contributed by atoms with Gasteiger partial charge in [-0.15, -0.1) is 17.0 Å². The molecule has 0 aliphatic heterocycles. The highest BCUT2D eigenvalue weighted by molar-refractivity contribution is 8.93. The van der Waals surface area contributed by atoms with E-state index < -0.39 is 0 Å². The van der Waals surface area contributed by atoms with E-state index in [2.05, 4.69) is 17.4 Å². The van der Waals surface area contributed by atoms with Crippen LogP contribution in [-0.4, -0.2) is 11.9 Å². The average Bonchev–Trinajstić information content (AvgIpc) is 3.02. The summed E-state index contributed by atoms with van der Waals surface area (Å²) in [6, 6.07) is 15.9. The van der Waals surface area contributed by atoms with Crippen LogP contribution in [0.4, 0.5) is 5.69 Å². The van der Waals surface area contributed by atoms with Crippen molar-refractivity contribution in [3.63, 3.8) is 0 Å². The molecule has 2 aromatic rings. The normalized spacial score (nSPS) is 24.5. The summed E-state index contributed by atoms with van der Waals surface area (Å²) < 4.78 is 0. The van der Waals surface area contributed by atoms with Crippen LogP contribution < -0.4 is 11.1 Å². The molecule has 1 spiro atoms. The zero-order valence-electron chi connectivity index (χ0n) is 12.2. The Kier molecular flexibility index (Phi) is 3.83. The lowest BCUT2D eigenvalue weighted by Crippen LogP contribution is -2.15. The van der Waals surface area contributed by atoms with E-state index in [1.807, 2.05) is 36.4 Å². The van der Waals surface area contributed by atoms with Crippen LogP contribution in [0.1, 0.15) is 34.3 Å². The van der Waals surface area contributed by atoms with Crippen LogP contribution in [0.2, 0.25) is 0 Å². The minimum atomic E-state index is -0.0635. The number of anilines is 1. The Labute approximate surface area is 140 Å². The largest absolute Gasteiger partial charge is 0.327 e. The molecule has 2 atom stereocenters. The fourth-order valence-electron chi connectivity index (χ4n) is 3.58. The first-order chi connectivity index (χ1) is 10.2. The molecule has 3 nitrogen and oxygen atoms in total. The van der Waals surface area contributed by atoms with E-state index in [0.29, 0.717) is 11.6 Å². The first-order valence-corrected chi connectivity index (χ1v) is 7.44. The molecule has 0 aromatic heterocycles. The van der Waals surface area contributed by atoms with Gasteiger partial charge in [-0.05, 0) is 54.7 Å². The molecule has 2 aliphatic rings. The van der Waals surface area contributed by atoms with E-state index in [0.717, 1.165) is 24.9 Å². The van der Waals surface area contributed by atoms with Crippen molar-refractivity contribution in [2.45, 2.75) is 30.7 Å². The number of rotatable bonds is 2. The summed E-state index contributed by atoms with van der Waals surface area (Å²) >= 11 is 0. The lowest BCUT2D eigenvalue weighted by molar-refractivity contribution is 0.102. The van der Waals surface area contributed by atoms with Gasteiger partial charge in [0.2, 0.25) is 0 Å². The molecule has 0 saturated heterocycles. The van der Waals surface area contributed by atoms with Gasteiger partial charge in [-0.3, -0.25) is 4.79 Å². The molecule has 22 heavy (non-hydrogen) atoms. The Morgan fingerprint density at radius 2 is 1.91 bits per heavy atom. The predicted molar refractivity (Wildman–Crippen MR) is 93.8 cm³/mol. The number of nitrogens with two attached hydrogens (primary N) is 1. The van der Waals surface area contributed by atoms with E-state index >= 15 is 0 Å². The van der Waals surface area contributed by atoms with E-state index in [1.54, 1.807) is 0 Å². The van der Waals surface area contributed by atoms with Gasteiger partial charge < -0.3 is 11.1 Å². The van der Waals surface area contributed by atoms with Crippen LogP contribution >= 0.6 is 17.0 Å². The van der Waals surface area contributed by atoms with Crippen molar-refractivity contribution in [3.8, 4) is 0 Å². The Morgan fingerprint density at radius 3 is 2.59 bits per heavy atom. The Morgan fingerprint density at radius 1 is 1.18 bits per heavy atom. The van der Waals surface area contributed by atoms with Crippen LogP contribution in [0, 0.1) is 0 Å². The molecule has 3 N–H and O–H groups in total. The number of aryl methyl sites for hydroxylation is 1. The van der Waals surface area contributed by atoms with E-state index in [4.69, 9.17) is 5.73 Å². The zero-order chi connectivity index (χ0) is 14.4. The number of carbonyl (C=O) groups excluding carboxylic acids is 1. The van der Waals surface area contributed by atoms with Crippen molar-refractivity contribution < 1.29 is 4.79 Å². The highest BCUT2D eigenvalue weighted by Gasteiger charge is 2.56. The van der Waals surface area contributed by atoms with Gasteiger partial charge >= 0.3 is 0 Å². The lowest BCUT2D eigenvalue weighted by Gasteiger charge is -2.11. The average molecular weight is 359 g/mol. The summed E-state index contributed by atoms with van der Waals surface area (Å²) in [6.45, 7) is 0. The van der Waals surface area contributed by atoms with Gasteiger partial charge in [-0.1, -0.05) is 24.3 Å². The first kappa shape index (κ1) is 15.3. The topological polar surface area (TPSA) is 55.1 Å². The number of amides is 1. The second kappa shape index (κ2) is 5.52. The summed E-state index contributed by atoms with van der Waals surface area (Å²) in [6.07, 6.45) is 3.33. The van der Waals surface area contributed by atoms with Crippen molar-refractivity contribution in [1.29, 1.82) is 0 Å². The molecule has 114 valence electrons. The van der Waals surface area contributed by atoms with Gasteiger partial charge in [0.25, 0.3) is 5.91 Å². The van der Waals surface area contributed by atoms with Crippen molar-refractivity contribution >= 4 is 28.6 Å². The minimum Gasteiger partial charge on any atom is -0.327 e. The predicted octanol–water partition coefficient (Wildman–Crippen LogP) is 3.43. The number of hydrogen-bond acceptors (Lipinski definition) is 2. The van der Waals surface area contributed by atoms with Crippen LogP contribution in [0.5, 0.6) is 0 Å². The third-order valence-corrected chi connectivity index (χ3v) is 4.91. The molecule has 2 aliphatic carbocycles. The smallest absolute Gasteiger partial charge is 0.255 e. The molecule has 0 bridgehead atoms. The van der Waals surface area contributed by atoms with Crippen molar-refractivity contribution in [3.05, 3.63) is 65.2 Å². The number of nitrogens with one attached hydrogen (secondary N) is 1. The number of halogens is 1. The van der Waals surface area contributed by atoms with Gasteiger partial charge in [0, 0.05) is 22.7 Å². The summed E-state index contributed by atoms with van der Waals surface area (Å²) in [5, 5.41) is 2.98. The number of carbonyl (C=O) groups is 1. The molecule has 2 aromatic carbocycles. The van der Waals surface area contributed by atoms with E-state index in [9.17, 15) is 4.79 Å². The van der Waals surface area contributed by atoms with E-state index in [1.165, 1.54) is 11.1 Å².